The van der Waals surface area contributed by atoms with Gasteiger partial charge in [0, 0.05) is 39.1 Å². The molecule has 1 aliphatic carbocycles. The lowest BCUT2D eigenvalue weighted by molar-refractivity contribution is -0.132. The summed E-state index contributed by atoms with van der Waals surface area (Å²) in [5.74, 6) is 0.275. The van der Waals surface area contributed by atoms with Crippen molar-refractivity contribution in [3.05, 3.63) is 34.6 Å². The number of rotatable bonds is 7. The van der Waals surface area contributed by atoms with E-state index < -0.39 is 0 Å². The van der Waals surface area contributed by atoms with Crippen molar-refractivity contribution in [2.45, 2.75) is 25.8 Å². The first-order valence-electron chi connectivity index (χ1n) is 12.1. The van der Waals surface area contributed by atoms with Gasteiger partial charge in [-0.3, -0.25) is 9.59 Å². The molecule has 5 rings (SSSR count). The molecule has 1 saturated heterocycles. The van der Waals surface area contributed by atoms with Gasteiger partial charge in [-0.15, -0.1) is 5.10 Å². The van der Waals surface area contributed by atoms with E-state index in [9.17, 15) is 20.1 Å². The topological polar surface area (TPSA) is 167 Å². The maximum Gasteiger partial charge on any atom is 0.247 e. The second-order valence-corrected chi connectivity index (χ2v) is 9.44. The first-order valence-corrected chi connectivity index (χ1v) is 12.4. The summed E-state index contributed by atoms with van der Waals surface area (Å²) < 4.78 is 1.42. The molecule has 0 bridgehead atoms. The van der Waals surface area contributed by atoms with Gasteiger partial charge < -0.3 is 25.8 Å². The van der Waals surface area contributed by atoms with Crippen LogP contribution in [0.5, 0.6) is 0 Å². The molecule has 2 aliphatic rings. The maximum atomic E-state index is 12.4. The number of carbonyl (C=O) groups excluding carboxylic acids is 2. The fraction of sp³-hybridized carbons (Fsp3) is 0.375. The molecular formula is C24H24ClN11O2. The second-order valence-electron chi connectivity index (χ2n) is 9.06. The number of halogens is 1. The molecule has 2 aromatic heterocycles. The highest BCUT2D eigenvalue weighted by Crippen LogP contribution is 2.36. The first-order chi connectivity index (χ1) is 18.4. The smallest absolute Gasteiger partial charge is 0.247 e. The van der Waals surface area contributed by atoms with Gasteiger partial charge in [-0.05, 0) is 25.0 Å². The number of imidazole rings is 1. The summed E-state index contributed by atoms with van der Waals surface area (Å²) in [6.45, 7) is 3.22. The normalized spacial score (nSPS) is 15.1. The molecule has 2 fully saturated rings. The van der Waals surface area contributed by atoms with Gasteiger partial charge in [-0.2, -0.15) is 20.0 Å². The molecule has 1 aromatic carbocycles. The van der Waals surface area contributed by atoms with Crippen LogP contribution in [0.1, 0.15) is 31.0 Å². The Morgan fingerprint density at radius 3 is 2.58 bits per heavy atom. The van der Waals surface area contributed by atoms with Crippen molar-refractivity contribution in [1.82, 2.24) is 29.8 Å². The van der Waals surface area contributed by atoms with Crippen LogP contribution in [0.2, 0.25) is 5.02 Å². The van der Waals surface area contributed by atoms with Gasteiger partial charge in [0.15, 0.2) is 17.2 Å². The Morgan fingerprint density at radius 1 is 1.16 bits per heavy atom. The highest BCUT2D eigenvalue weighted by Gasteiger charge is 2.26. The number of amides is 2. The number of anilines is 4. The minimum Gasteiger partial charge on any atom is -0.367 e. The number of hydrogen-bond donors (Lipinski definition) is 3. The van der Waals surface area contributed by atoms with E-state index >= 15 is 0 Å². The molecule has 2 amide bonds. The minimum atomic E-state index is -0.257. The van der Waals surface area contributed by atoms with Crippen LogP contribution >= 0.6 is 11.6 Å². The predicted octanol–water partition coefficient (Wildman–Crippen LogP) is 1.62. The molecule has 0 spiro atoms. The summed E-state index contributed by atoms with van der Waals surface area (Å²) in [7, 11) is 0. The number of hydrogen-bond acceptors (Lipinski definition) is 10. The molecule has 194 valence electrons. The summed E-state index contributed by atoms with van der Waals surface area (Å²) >= 11 is 6.81. The standard InChI is InChI=1S/C24H24ClN11O2/c1-14(37)28-13-20(38)35-6-4-34(5-7-35)19-9-15(10-26)8-18(21(19)25)31-24-32-22(30-16-2-3-16)23-29-12-17(11-27)36(23)33-24/h8-9,12,16H,2-7,13H2,1H3,(H,28,37)(H2,30,31,32,33). The fourth-order valence-electron chi connectivity index (χ4n) is 4.15. The van der Waals surface area contributed by atoms with Crippen molar-refractivity contribution in [2.75, 3.05) is 48.3 Å². The van der Waals surface area contributed by atoms with Gasteiger partial charge in [-0.1, -0.05) is 11.6 Å². The summed E-state index contributed by atoms with van der Waals surface area (Å²) in [6.07, 6.45) is 3.49. The lowest BCUT2D eigenvalue weighted by Crippen LogP contribution is -2.51. The van der Waals surface area contributed by atoms with Crippen molar-refractivity contribution in [3.63, 3.8) is 0 Å². The molecular weight excluding hydrogens is 510 g/mol. The summed E-state index contributed by atoms with van der Waals surface area (Å²) in [5.41, 5.74) is 2.16. The zero-order valence-corrected chi connectivity index (χ0v) is 21.3. The third kappa shape index (κ3) is 5.23. The largest absolute Gasteiger partial charge is 0.367 e. The van der Waals surface area contributed by atoms with E-state index in [-0.39, 0.29) is 30.0 Å². The maximum absolute atomic E-state index is 12.4. The molecule has 0 atom stereocenters. The number of carbonyl (C=O) groups is 2. The molecule has 3 heterocycles. The number of benzene rings is 1. The van der Waals surface area contributed by atoms with Crippen LogP contribution < -0.4 is 20.9 Å². The highest BCUT2D eigenvalue weighted by molar-refractivity contribution is 6.36. The molecule has 3 aromatic rings. The first kappa shape index (κ1) is 25.0. The number of piperazine rings is 1. The Kier molecular flexibility index (Phi) is 6.85. The molecule has 1 saturated carbocycles. The van der Waals surface area contributed by atoms with E-state index in [1.54, 1.807) is 17.0 Å². The lowest BCUT2D eigenvalue weighted by atomic mass is 10.1. The van der Waals surface area contributed by atoms with Gasteiger partial charge in [0.1, 0.15) is 6.07 Å². The number of fused-ring (bicyclic) bond motifs is 1. The van der Waals surface area contributed by atoms with E-state index in [1.165, 1.54) is 17.6 Å². The predicted molar refractivity (Wildman–Crippen MR) is 139 cm³/mol. The summed E-state index contributed by atoms with van der Waals surface area (Å²) in [4.78, 5) is 36.0. The third-order valence-corrected chi connectivity index (χ3v) is 6.68. The second kappa shape index (κ2) is 10.4. The Hall–Kier alpha value is -4.62. The van der Waals surface area contributed by atoms with Crippen molar-refractivity contribution in [2.24, 2.45) is 0 Å². The van der Waals surface area contributed by atoms with E-state index in [2.05, 4.69) is 43.2 Å². The molecule has 3 N–H and O–H groups in total. The van der Waals surface area contributed by atoms with Gasteiger partial charge in [-0.25, -0.2) is 4.98 Å². The number of nitriles is 2. The Morgan fingerprint density at radius 2 is 1.92 bits per heavy atom. The SMILES string of the molecule is CC(=O)NCC(=O)N1CCN(c2cc(C#N)cc(Nc3nc(NC4CC4)c4ncc(C#N)n4n3)c2Cl)CC1. The van der Waals surface area contributed by atoms with Gasteiger partial charge in [0.2, 0.25) is 17.8 Å². The minimum absolute atomic E-state index is 0.0412. The fourth-order valence-corrected chi connectivity index (χ4v) is 4.43. The zero-order valence-electron chi connectivity index (χ0n) is 20.5. The third-order valence-electron chi connectivity index (χ3n) is 6.29. The number of nitrogens with zero attached hydrogens (tertiary/aromatic N) is 8. The van der Waals surface area contributed by atoms with E-state index in [1.807, 2.05) is 4.90 Å². The van der Waals surface area contributed by atoms with Crippen LogP contribution in [0.25, 0.3) is 5.65 Å². The molecule has 13 nitrogen and oxygen atoms in total. The van der Waals surface area contributed by atoms with E-state index in [4.69, 9.17) is 11.6 Å². The van der Waals surface area contributed by atoms with E-state index in [0.717, 1.165) is 12.8 Å². The monoisotopic (exact) mass is 533 g/mol. The van der Waals surface area contributed by atoms with Crippen LogP contribution in [0.4, 0.5) is 23.1 Å². The quantitative estimate of drug-likeness (QED) is 0.406. The van der Waals surface area contributed by atoms with Crippen molar-refractivity contribution < 1.29 is 9.59 Å². The van der Waals surface area contributed by atoms with E-state index in [0.29, 0.717) is 65.6 Å². The number of aromatic nitrogens is 4. The summed E-state index contributed by atoms with van der Waals surface area (Å²) in [5, 5.41) is 32.9. The van der Waals surface area contributed by atoms with Crippen LogP contribution in [-0.4, -0.2) is 75.1 Å². The van der Waals surface area contributed by atoms with Crippen LogP contribution in [0, 0.1) is 22.7 Å². The molecule has 38 heavy (non-hydrogen) atoms. The highest BCUT2D eigenvalue weighted by atomic mass is 35.5. The average Bonchev–Trinajstić information content (AvgIpc) is 3.64. The van der Waals surface area contributed by atoms with Crippen molar-refractivity contribution in [3.8, 4) is 12.1 Å². The van der Waals surface area contributed by atoms with Crippen LogP contribution in [0.15, 0.2) is 18.3 Å². The van der Waals surface area contributed by atoms with Crippen LogP contribution in [0.3, 0.4) is 0 Å². The molecule has 0 unspecified atom stereocenters. The van der Waals surface area contributed by atoms with Gasteiger partial charge in [0.25, 0.3) is 0 Å². The Bertz CT molecular complexity index is 1490. The van der Waals surface area contributed by atoms with Crippen LogP contribution in [-0.2, 0) is 9.59 Å². The molecule has 14 heteroatoms. The zero-order chi connectivity index (χ0) is 26.8. The van der Waals surface area contributed by atoms with Gasteiger partial charge >= 0.3 is 0 Å². The van der Waals surface area contributed by atoms with Gasteiger partial charge in [0.05, 0.1) is 40.8 Å². The van der Waals surface area contributed by atoms with Crippen molar-refractivity contribution >= 4 is 52.2 Å². The lowest BCUT2D eigenvalue weighted by Gasteiger charge is -2.36. The Labute approximate surface area is 223 Å². The summed E-state index contributed by atoms with van der Waals surface area (Å²) in [6, 6.07) is 7.85. The average molecular weight is 534 g/mol. The van der Waals surface area contributed by atoms with Crippen molar-refractivity contribution in [1.29, 1.82) is 10.5 Å². The molecule has 0 radical (unpaired) electrons. The number of nitrogens with one attached hydrogen (secondary N) is 3. The molecule has 1 aliphatic heterocycles. The Balaban J connectivity index is 1.40.